The molecule has 0 heterocycles. The van der Waals surface area contributed by atoms with Gasteiger partial charge in [-0.25, -0.2) is 0 Å². The van der Waals surface area contributed by atoms with Gasteiger partial charge in [0.25, 0.3) is 0 Å². The number of ketones is 2. The van der Waals surface area contributed by atoms with Crippen molar-refractivity contribution < 1.29 is 27.5 Å². The molecule has 0 N–H and O–H groups in total. The molecule has 0 spiro atoms. The first-order valence-electron chi connectivity index (χ1n) is 5.95. The van der Waals surface area contributed by atoms with Crippen LogP contribution in [0.5, 0.6) is 5.75 Å². The monoisotopic (exact) mass is 292 g/mol. The van der Waals surface area contributed by atoms with Gasteiger partial charge in [-0.3, -0.25) is 9.59 Å². The molecule has 3 nitrogen and oxygen atoms in total. The Labute approximate surface area is 117 Å². The SMILES string of the molecule is O=C1c2ccccc2C(=O)c2cc(OC(F)(F)F)ccc21. The number of fused-ring (bicyclic) bond motifs is 2. The molecule has 2 aromatic rings. The number of benzene rings is 2. The van der Waals surface area contributed by atoms with E-state index in [1.165, 1.54) is 18.2 Å². The largest absolute Gasteiger partial charge is 0.573 e. The van der Waals surface area contributed by atoms with E-state index in [4.69, 9.17) is 0 Å². The first-order chi connectivity index (χ1) is 9.87. The summed E-state index contributed by atoms with van der Waals surface area (Å²) in [6.45, 7) is 0. The van der Waals surface area contributed by atoms with E-state index in [1.807, 2.05) is 0 Å². The van der Waals surface area contributed by atoms with E-state index in [2.05, 4.69) is 4.74 Å². The molecule has 106 valence electrons. The summed E-state index contributed by atoms with van der Waals surface area (Å²) in [5.41, 5.74) is 0.423. The van der Waals surface area contributed by atoms with E-state index in [9.17, 15) is 22.8 Å². The van der Waals surface area contributed by atoms with Gasteiger partial charge in [0.15, 0.2) is 11.6 Å². The third-order valence-corrected chi connectivity index (χ3v) is 3.13. The van der Waals surface area contributed by atoms with Crippen LogP contribution in [0.3, 0.4) is 0 Å². The lowest BCUT2D eigenvalue weighted by molar-refractivity contribution is -0.274. The molecule has 0 saturated heterocycles. The summed E-state index contributed by atoms with van der Waals surface area (Å²) in [5.74, 6) is -1.41. The molecule has 6 heteroatoms. The van der Waals surface area contributed by atoms with Crippen LogP contribution in [0.1, 0.15) is 31.8 Å². The number of ether oxygens (including phenoxy) is 1. The first kappa shape index (κ1) is 13.4. The summed E-state index contributed by atoms with van der Waals surface area (Å²) >= 11 is 0. The number of carbonyl (C=O) groups is 2. The van der Waals surface area contributed by atoms with Crippen molar-refractivity contribution in [1.82, 2.24) is 0 Å². The summed E-state index contributed by atoms with van der Waals surface area (Å²) in [4.78, 5) is 24.5. The van der Waals surface area contributed by atoms with Crippen LogP contribution in [-0.4, -0.2) is 17.9 Å². The van der Waals surface area contributed by atoms with Crippen LogP contribution in [0, 0.1) is 0 Å². The van der Waals surface area contributed by atoms with Crippen molar-refractivity contribution >= 4 is 11.6 Å². The van der Waals surface area contributed by atoms with E-state index in [-0.39, 0.29) is 22.3 Å². The molecule has 21 heavy (non-hydrogen) atoms. The molecule has 0 amide bonds. The fraction of sp³-hybridized carbons (Fsp3) is 0.0667. The van der Waals surface area contributed by atoms with Gasteiger partial charge in [-0.15, -0.1) is 13.2 Å². The van der Waals surface area contributed by atoms with Crippen LogP contribution < -0.4 is 4.74 Å². The van der Waals surface area contributed by atoms with Gasteiger partial charge in [-0.1, -0.05) is 24.3 Å². The number of rotatable bonds is 1. The second-order valence-corrected chi connectivity index (χ2v) is 4.46. The van der Waals surface area contributed by atoms with Crippen molar-refractivity contribution in [3.8, 4) is 5.75 Å². The fourth-order valence-electron chi connectivity index (χ4n) is 2.28. The summed E-state index contributed by atoms with van der Waals surface area (Å²) in [7, 11) is 0. The third-order valence-electron chi connectivity index (χ3n) is 3.13. The molecule has 1 aliphatic rings. The Morgan fingerprint density at radius 1 is 0.762 bits per heavy atom. The summed E-state index contributed by atoms with van der Waals surface area (Å²) < 4.78 is 40.4. The number of hydrogen-bond acceptors (Lipinski definition) is 3. The molecule has 0 atom stereocenters. The Bertz CT molecular complexity index is 763. The van der Waals surface area contributed by atoms with Crippen molar-refractivity contribution in [3.63, 3.8) is 0 Å². The quantitative estimate of drug-likeness (QED) is 0.690. The number of carbonyl (C=O) groups excluding carboxylic acids is 2. The average molecular weight is 292 g/mol. The van der Waals surface area contributed by atoms with Crippen LogP contribution in [0.4, 0.5) is 13.2 Å². The minimum Gasteiger partial charge on any atom is -0.406 e. The maximum Gasteiger partial charge on any atom is 0.573 e. The summed E-state index contributed by atoms with van der Waals surface area (Å²) in [5, 5.41) is 0. The van der Waals surface area contributed by atoms with E-state index in [0.29, 0.717) is 0 Å². The minimum absolute atomic E-state index is 0.0771. The molecule has 0 unspecified atom stereocenters. The molecule has 0 bridgehead atoms. The highest BCUT2D eigenvalue weighted by molar-refractivity contribution is 6.28. The van der Waals surface area contributed by atoms with E-state index in [1.54, 1.807) is 12.1 Å². The van der Waals surface area contributed by atoms with Gasteiger partial charge >= 0.3 is 6.36 Å². The van der Waals surface area contributed by atoms with E-state index in [0.717, 1.165) is 12.1 Å². The number of halogens is 3. The first-order valence-corrected chi connectivity index (χ1v) is 5.95. The maximum atomic E-state index is 12.3. The van der Waals surface area contributed by atoms with Crippen molar-refractivity contribution in [2.75, 3.05) is 0 Å². The molecule has 0 aromatic heterocycles. The molecule has 0 saturated carbocycles. The molecule has 2 aromatic carbocycles. The smallest absolute Gasteiger partial charge is 0.406 e. The topological polar surface area (TPSA) is 43.4 Å². The van der Waals surface area contributed by atoms with Crippen LogP contribution in [-0.2, 0) is 0 Å². The molecule has 0 fully saturated rings. The molecule has 0 radical (unpaired) electrons. The van der Waals surface area contributed by atoms with Crippen LogP contribution in [0.2, 0.25) is 0 Å². The third kappa shape index (κ3) is 2.29. The zero-order valence-electron chi connectivity index (χ0n) is 10.4. The van der Waals surface area contributed by atoms with Crippen molar-refractivity contribution in [3.05, 3.63) is 64.7 Å². The Kier molecular flexibility index (Phi) is 2.83. The van der Waals surface area contributed by atoms with Crippen LogP contribution in [0.25, 0.3) is 0 Å². The fourth-order valence-corrected chi connectivity index (χ4v) is 2.28. The van der Waals surface area contributed by atoms with E-state index >= 15 is 0 Å². The highest BCUT2D eigenvalue weighted by Gasteiger charge is 2.33. The Morgan fingerprint density at radius 2 is 1.29 bits per heavy atom. The second-order valence-electron chi connectivity index (χ2n) is 4.46. The normalized spacial score (nSPS) is 13.7. The zero-order chi connectivity index (χ0) is 15.2. The van der Waals surface area contributed by atoms with Crippen molar-refractivity contribution in [2.24, 2.45) is 0 Å². The predicted molar refractivity (Wildman–Crippen MR) is 66.4 cm³/mol. The van der Waals surface area contributed by atoms with Gasteiger partial charge in [-0.2, -0.15) is 0 Å². The number of alkyl halides is 3. The van der Waals surface area contributed by atoms with Crippen molar-refractivity contribution in [2.45, 2.75) is 6.36 Å². The molecule has 1 aliphatic carbocycles. The summed E-state index contributed by atoms with van der Waals surface area (Å²) in [6.07, 6.45) is -4.85. The zero-order valence-corrected chi connectivity index (χ0v) is 10.4. The van der Waals surface area contributed by atoms with Gasteiger partial charge in [-0.05, 0) is 18.2 Å². The van der Waals surface area contributed by atoms with Gasteiger partial charge in [0.2, 0.25) is 0 Å². The molecule has 0 aliphatic heterocycles. The standard InChI is InChI=1S/C15H7F3O3/c16-15(17,18)21-8-5-6-11-12(7-8)14(20)10-4-2-1-3-9(10)13(11)19/h1-7H. The van der Waals surface area contributed by atoms with Gasteiger partial charge in [0, 0.05) is 22.3 Å². The summed E-state index contributed by atoms with van der Waals surface area (Å²) in [6, 6.07) is 9.33. The average Bonchev–Trinajstić information content (AvgIpc) is 2.43. The van der Waals surface area contributed by atoms with Crippen LogP contribution >= 0.6 is 0 Å². The number of hydrogen-bond donors (Lipinski definition) is 0. The maximum absolute atomic E-state index is 12.3. The predicted octanol–water partition coefficient (Wildman–Crippen LogP) is 3.36. The Morgan fingerprint density at radius 3 is 1.86 bits per heavy atom. The molecule has 3 rings (SSSR count). The lowest BCUT2D eigenvalue weighted by atomic mass is 9.84. The second kappa shape index (κ2) is 4.44. The molecular weight excluding hydrogens is 285 g/mol. The highest BCUT2D eigenvalue weighted by Crippen LogP contribution is 2.31. The molecular formula is C15H7F3O3. The highest BCUT2D eigenvalue weighted by atomic mass is 19.4. The van der Waals surface area contributed by atoms with Crippen molar-refractivity contribution in [1.29, 1.82) is 0 Å². The van der Waals surface area contributed by atoms with Gasteiger partial charge in [0.05, 0.1) is 0 Å². The lowest BCUT2D eigenvalue weighted by Gasteiger charge is -2.18. The van der Waals surface area contributed by atoms with E-state index < -0.39 is 23.7 Å². The van der Waals surface area contributed by atoms with Crippen LogP contribution in [0.15, 0.2) is 42.5 Å². The van der Waals surface area contributed by atoms with Gasteiger partial charge < -0.3 is 4.74 Å². The Hall–Kier alpha value is -2.63. The lowest BCUT2D eigenvalue weighted by Crippen LogP contribution is -2.22. The Balaban J connectivity index is 2.11. The van der Waals surface area contributed by atoms with Gasteiger partial charge in [0.1, 0.15) is 5.75 Å². The minimum atomic E-state index is -4.85.